The average Bonchev–Trinajstić information content (AvgIpc) is 3.03. The van der Waals surface area contributed by atoms with Crippen molar-refractivity contribution in [1.29, 1.82) is 0 Å². The number of rotatable bonds is 1. The van der Waals surface area contributed by atoms with Crippen LogP contribution in [0.5, 0.6) is 0 Å². The quantitative estimate of drug-likeness (QED) is 0.875. The van der Waals surface area contributed by atoms with Crippen LogP contribution in [0.4, 0.5) is 0 Å². The van der Waals surface area contributed by atoms with Crippen molar-refractivity contribution in [2.75, 3.05) is 19.7 Å². The molecule has 0 unspecified atom stereocenters. The fraction of sp³-hybridized carbons (Fsp3) is 0.625. The number of aryl methyl sites for hydroxylation is 2. The molecular weight excluding hydrogens is 298 g/mol. The van der Waals surface area contributed by atoms with Crippen molar-refractivity contribution in [3.63, 3.8) is 0 Å². The Bertz CT molecular complexity index is 774. The van der Waals surface area contributed by atoms with Gasteiger partial charge < -0.3 is 10.1 Å². The van der Waals surface area contributed by atoms with Gasteiger partial charge in [-0.1, -0.05) is 0 Å². The maximum absolute atomic E-state index is 12.9. The molecule has 2 saturated heterocycles. The molecule has 0 aromatic carbocycles. The first kappa shape index (κ1) is 14.4. The minimum atomic E-state index is -0.0378. The summed E-state index contributed by atoms with van der Waals surface area (Å²) in [5, 5.41) is 4.17. The number of hydrogen-bond donors (Lipinski definition) is 1. The number of aromatic nitrogens is 2. The highest BCUT2D eigenvalue weighted by atomic mass is 32.1. The SMILES string of the molecule is Cc1sc2ncn([C@H]3COC4(CCNCC4)C3)c(=O)c2c1C. The molecule has 0 saturated carbocycles. The fourth-order valence-corrected chi connectivity index (χ4v) is 4.73. The van der Waals surface area contributed by atoms with Gasteiger partial charge in [0.15, 0.2) is 0 Å². The van der Waals surface area contributed by atoms with Crippen molar-refractivity contribution in [3.8, 4) is 0 Å². The molecule has 0 amide bonds. The third-order valence-electron chi connectivity index (χ3n) is 5.21. The van der Waals surface area contributed by atoms with Crippen molar-refractivity contribution in [2.45, 2.75) is 44.8 Å². The predicted molar refractivity (Wildman–Crippen MR) is 87.8 cm³/mol. The maximum atomic E-state index is 12.9. The summed E-state index contributed by atoms with van der Waals surface area (Å²) >= 11 is 1.60. The summed E-state index contributed by atoms with van der Waals surface area (Å²) in [6.45, 7) is 6.69. The highest BCUT2D eigenvalue weighted by Crippen LogP contribution is 2.39. The number of nitrogens with one attached hydrogen (secondary N) is 1. The lowest BCUT2D eigenvalue weighted by Crippen LogP contribution is -2.41. The lowest BCUT2D eigenvalue weighted by atomic mass is 9.88. The van der Waals surface area contributed by atoms with Crippen LogP contribution in [0.25, 0.3) is 10.2 Å². The second-order valence-electron chi connectivity index (χ2n) is 6.52. The molecule has 0 bridgehead atoms. The monoisotopic (exact) mass is 319 g/mol. The van der Waals surface area contributed by atoms with Crippen LogP contribution in [0.1, 0.15) is 35.7 Å². The van der Waals surface area contributed by atoms with Crippen molar-refractivity contribution in [2.24, 2.45) is 0 Å². The molecule has 1 atom stereocenters. The summed E-state index contributed by atoms with van der Waals surface area (Å²) in [5.41, 5.74) is 1.12. The summed E-state index contributed by atoms with van der Waals surface area (Å²) < 4.78 is 7.93. The van der Waals surface area contributed by atoms with Gasteiger partial charge in [-0.2, -0.15) is 0 Å². The molecule has 0 aliphatic carbocycles. The van der Waals surface area contributed by atoms with E-state index in [1.807, 2.05) is 13.8 Å². The zero-order valence-electron chi connectivity index (χ0n) is 13.0. The van der Waals surface area contributed by atoms with Crippen molar-refractivity contribution >= 4 is 21.6 Å². The normalized spacial score (nSPS) is 24.4. The van der Waals surface area contributed by atoms with Crippen LogP contribution >= 0.6 is 11.3 Å². The Labute approximate surface area is 133 Å². The van der Waals surface area contributed by atoms with Crippen LogP contribution in [0.2, 0.25) is 0 Å². The second-order valence-corrected chi connectivity index (χ2v) is 7.73. The molecule has 1 N–H and O–H groups in total. The highest BCUT2D eigenvalue weighted by molar-refractivity contribution is 7.18. The Morgan fingerprint density at radius 2 is 2.18 bits per heavy atom. The molecule has 2 aliphatic heterocycles. The maximum Gasteiger partial charge on any atom is 0.262 e. The highest BCUT2D eigenvalue weighted by Gasteiger charge is 2.42. The third-order valence-corrected chi connectivity index (χ3v) is 6.33. The lowest BCUT2D eigenvalue weighted by molar-refractivity contribution is -0.0196. The van der Waals surface area contributed by atoms with E-state index >= 15 is 0 Å². The van der Waals surface area contributed by atoms with Gasteiger partial charge >= 0.3 is 0 Å². The fourth-order valence-electron chi connectivity index (χ4n) is 3.74. The second kappa shape index (κ2) is 5.15. The Kier molecular flexibility index (Phi) is 3.36. The van der Waals surface area contributed by atoms with Crippen LogP contribution in [-0.2, 0) is 4.74 Å². The topological polar surface area (TPSA) is 56.1 Å². The number of thiophene rings is 1. The first-order valence-electron chi connectivity index (χ1n) is 7.91. The van der Waals surface area contributed by atoms with Crippen LogP contribution in [0, 0.1) is 13.8 Å². The van der Waals surface area contributed by atoms with Gasteiger partial charge in [-0.15, -0.1) is 11.3 Å². The first-order valence-corrected chi connectivity index (χ1v) is 8.73. The van der Waals surface area contributed by atoms with E-state index in [0.29, 0.717) is 6.61 Å². The zero-order valence-corrected chi connectivity index (χ0v) is 13.8. The number of ether oxygens (including phenoxy) is 1. The Morgan fingerprint density at radius 1 is 1.41 bits per heavy atom. The van der Waals surface area contributed by atoms with E-state index in [0.717, 1.165) is 48.1 Å². The Hall–Kier alpha value is -1.24. The van der Waals surface area contributed by atoms with E-state index in [-0.39, 0.29) is 17.2 Å². The standard InChI is InChI=1S/C16H21N3O2S/c1-10-11(2)22-14-13(10)15(20)19(9-18-14)12-7-16(21-8-12)3-5-17-6-4-16/h9,12,17H,3-8H2,1-2H3/t12-/m1/s1. The van der Waals surface area contributed by atoms with Crippen molar-refractivity contribution in [3.05, 3.63) is 27.1 Å². The lowest BCUT2D eigenvalue weighted by Gasteiger charge is -2.32. The molecule has 2 aromatic heterocycles. The minimum Gasteiger partial charge on any atom is -0.373 e. The molecule has 0 radical (unpaired) electrons. The van der Waals surface area contributed by atoms with E-state index in [1.54, 1.807) is 22.2 Å². The molecule has 118 valence electrons. The van der Waals surface area contributed by atoms with E-state index in [2.05, 4.69) is 10.3 Å². The van der Waals surface area contributed by atoms with Crippen LogP contribution < -0.4 is 10.9 Å². The number of piperidine rings is 1. The van der Waals surface area contributed by atoms with Crippen LogP contribution in [0.15, 0.2) is 11.1 Å². The van der Waals surface area contributed by atoms with Gasteiger partial charge in [0.2, 0.25) is 0 Å². The summed E-state index contributed by atoms with van der Waals surface area (Å²) in [4.78, 5) is 19.4. The molecule has 1 spiro atoms. The summed E-state index contributed by atoms with van der Waals surface area (Å²) in [5.74, 6) is 0. The molecule has 4 heterocycles. The number of hydrogen-bond acceptors (Lipinski definition) is 5. The smallest absolute Gasteiger partial charge is 0.262 e. The van der Waals surface area contributed by atoms with E-state index in [4.69, 9.17) is 4.74 Å². The van der Waals surface area contributed by atoms with Gasteiger partial charge in [0.25, 0.3) is 5.56 Å². The van der Waals surface area contributed by atoms with Gasteiger partial charge in [0, 0.05) is 4.88 Å². The summed E-state index contributed by atoms with van der Waals surface area (Å²) in [6.07, 6.45) is 4.70. The number of nitrogens with zero attached hydrogens (tertiary/aromatic N) is 2. The van der Waals surface area contributed by atoms with E-state index < -0.39 is 0 Å². The van der Waals surface area contributed by atoms with Gasteiger partial charge in [-0.05, 0) is 51.8 Å². The number of fused-ring (bicyclic) bond motifs is 1. The summed E-state index contributed by atoms with van der Waals surface area (Å²) in [6, 6.07) is 0.113. The predicted octanol–water partition coefficient (Wildman–Crippen LogP) is 2.16. The van der Waals surface area contributed by atoms with E-state index in [1.165, 1.54) is 4.88 Å². The van der Waals surface area contributed by atoms with E-state index in [9.17, 15) is 4.79 Å². The molecule has 22 heavy (non-hydrogen) atoms. The van der Waals surface area contributed by atoms with Crippen molar-refractivity contribution in [1.82, 2.24) is 14.9 Å². The third kappa shape index (κ3) is 2.13. The summed E-state index contributed by atoms with van der Waals surface area (Å²) in [7, 11) is 0. The minimum absolute atomic E-state index is 0.0378. The zero-order chi connectivity index (χ0) is 15.3. The molecule has 6 heteroatoms. The molecule has 4 rings (SSSR count). The Balaban J connectivity index is 1.71. The molecule has 5 nitrogen and oxygen atoms in total. The van der Waals surface area contributed by atoms with Crippen LogP contribution in [0.3, 0.4) is 0 Å². The first-order chi connectivity index (χ1) is 10.6. The molecule has 2 fully saturated rings. The van der Waals surface area contributed by atoms with Crippen molar-refractivity contribution < 1.29 is 4.74 Å². The molecule has 2 aromatic rings. The average molecular weight is 319 g/mol. The van der Waals surface area contributed by atoms with Gasteiger partial charge in [-0.25, -0.2) is 4.98 Å². The van der Waals surface area contributed by atoms with Crippen LogP contribution in [-0.4, -0.2) is 34.8 Å². The Morgan fingerprint density at radius 3 is 2.95 bits per heavy atom. The van der Waals surface area contributed by atoms with Gasteiger partial charge in [0.1, 0.15) is 4.83 Å². The molecular formula is C16H21N3O2S. The van der Waals surface area contributed by atoms with Gasteiger partial charge in [-0.3, -0.25) is 9.36 Å². The van der Waals surface area contributed by atoms with Gasteiger partial charge in [0.05, 0.1) is 30.0 Å². The largest absolute Gasteiger partial charge is 0.373 e. The molecule has 2 aliphatic rings.